The lowest BCUT2D eigenvalue weighted by molar-refractivity contribution is 0.413. The molecule has 0 aliphatic rings. The minimum Gasteiger partial charge on any atom is -0.494 e. The third-order valence-corrected chi connectivity index (χ3v) is 3.97. The summed E-state index contributed by atoms with van der Waals surface area (Å²) in [5.74, 6) is 2.65. The number of imidazole rings is 1. The molecule has 0 unspecified atom stereocenters. The molecule has 0 aliphatic heterocycles. The van der Waals surface area contributed by atoms with E-state index in [1.807, 2.05) is 48.9 Å². The van der Waals surface area contributed by atoms with Gasteiger partial charge in [-0.2, -0.15) is 4.98 Å². The largest absolute Gasteiger partial charge is 0.494 e. The number of aryl methyl sites for hydroxylation is 2. The average molecular weight is 366 g/mol. The normalized spacial score (nSPS) is 10.9. The smallest absolute Gasteiger partial charge is 0.229 e. The van der Waals surface area contributed by atoms with Crippen LogP contribution in [-0.4, -0.2) is 33.2 Å². The zero-order valence-corrected chi connectivity index (χ0v) is 16.4. The van der Waals surface area contributed by atoms with Gasteiger partial charge in [0.25, 0.3) is 0 Å². The topological polar surface area (TPSA) is 76.9 Å². The number of rotatable bonds is 7. The van der Waals surface area contributed by atoms with Crippen LogP contribution < -0.4 is 15.4 Å². The van der Waals surface area contributed by atoms with Gasteiger partial charge in [-0.3, -0.25) is 0 Å². The van der Waals surface area contributed by atoms with E-state index in [9.17, 15) is 0 Å². The fourth-order valence-corrected chi connectivity index (χ4v) is 2.67. The fraction of sp³-hybridized carbons (Fsp3) is 0.350. The molecule has 0 amide bonds. The van der Waals surface area contributed by atoms with Crippen LogP contribution in [0.1, 0.15) is 25.2 Å². The highest BCUT2D eigenvalue weighted by Crippen LogP contribution is 2.28. The zero-order chi connectivity index (χ0) is 19.4. The van der Waals surface area contributed by atoms with Crippen LogP contribution in [0.3, 0.4) is 0 Å². The summed E-state index contributed by atoms with van der Waals surface area (Å²) in [4.78, 5) is 13.3. The highest BCUT2D eigenvalue weighted by Gasteiger charge is 2.09. The zero-order valence-electron chi connectivity index (χ0n) is 16.4. The van der Waals surface area contributed by atoms with Crippen molar-refractivity contribution in [2.75, 3.05) is 24.3 Å². The molecular formula is C20H26N6O. The Hall–Kier alpha value is -3.09. The van der Waals surface area contributed by atoms with Crippen molar-refractivity contribution in [1.29, 1.82) is 0 Å². The molecule has 2 heterocycles. The van der Waals surface area contributed by atoms with E-state index >= 15 is 0 Å². The summed E-state index contributed by atoms with van der Waals surface area (Å²) in [6.45, 7) is 9.10. The number of nitrogens with one attached hydrogen (secondary N) is 2. The second-order valence-electron chi connectivity index (χ2n) is 6.93. The van der Waals surface area contributed by atoms with E-state index < -0.39 is 0 Å². The maximum Gasteiger partial charge on any atom is 0.229 e. The van der Waals surface area contributed by atoms with Crippen LogP contribution in [-0.2, 0) is 0 Å². The number of aromatic nitrogens is 4. The van der Waals surface area contributed by atoms with E-state index in [1.165, 1.54) is 0 Å². The van der Waals surface area contributed by atoms with Gasteiger partial charge in [0.05, 0.1) is 24.8 Å². The number of hydrogen-bond acceptors (Lipinski definition) is 6. The highest BCUT2D eigenvalue weighted by molar-refractivity contribution is 5.62. The standard InChI is InChI=1S/C20H26N6O/c1-13(2)10-21-19-8-14(3)23-20(25-19)24-16-6-7-17(18(9-16)27-5)26-11-15(4)22-12-26/h6-9,11-13H,10H2,1-5H3,(H2,21,23,24,25). The molecule has 0 atom stereocenters. The lowest BCUT2D eigenvalue weighted by Crippen LogP contribution is -2.11. The second kappa shape index (κ2) is 8.07. The van der Waals surface area contributed by atoms with Crippen molar-refractivity contribution in [2.45, 2.75) is 27.7 Å². The van der Waals surface area contributed by atoms with Crippen molar-refractivity contribution >= 4 is 17.5 Å². The summed E-state index contributed by atoms with van der Waals surface area (Å²) < 4.78 is 7.50. The minimum atomic E-state index is 0.542. The first-order valence-corrected chi connectivity index (χ1v) is 9.00. The van der Waals surface area contributed by atoms with Crippen molar-refractivity contribution in [3.63, 3.8) is 0 Å². The molecule has 7 nitrogen and oxygen atoms in total. The average Bonchev–Trinajstić information content (AvgIpc) is 3.05. The molecule has 2 aromatic heterocycles. The number of hydrogen-bond donors (Lipinski definition) is 2. The van der Waals surface area contributed by atoms with E-state index in [-0.39, 0.29) is 0 Å². The Kier molecular flexibility index (Phi) is 5.59. The van der Waals surface area contributed by atoms with E-state index in [1.54, 1.807) is 13.4 Å². The number of methoxy groups -OCH3 is 1. The van der Waals surface area contributed by atoms with Crippen LogP contribution in [0, 0.1) is 19.8 Å². The molecular weight excluding hydrogens is 340 g/mol. The molecule has 0 bridgehead atoms. The summed E-state index contributed by atoms with van der Waals surface area (Å²) in [6.07, 6.45) is 3.73. The van der Waals surface area contributed by atoms with Crippen molar-refractivity contribution in [1.82, 2.24) is 19.5 Å². The van der Waals surface area contributed by atoms with E-state index in [0.717, 1.165) is 40.9 Å². The Morgan fingerprint density at radius 3 is 2.59 bits per heavy atom. The van der Waals surface area contributed by atoms with Gasteiger partial charge in [0.1, 0.15) is 11.6 Å². The fourth-order valence-electron chi connectivity index (χ4n) is 2.67. The minimum absolute atomic E-state index is 0.542. The van der Waals surface area contributed by atoms with Crippen LogP contribution in [0.5, 0.6) is 5.75 Å². The molecule has 0 saturated heterocycles. The van der Waals surface area contributed by atoms with Gasteiger partial charge in [-0.05, 0) is 31.9 Å². The molecule has 3 aromatic rings. The van der Waals surface area contributed by atoms with Gasteiger partial charge in [-0.25, -0.2) is 9.97 Å². The van der Waals surface area contributed by atoms with Crippen molar-refractivity contribution in [3.8, 4) is 11.4 Å². The first-order chi connectivity index (χ1) is 12.9. The Bertz CT molecular complexity index is 919. The molecule has 0 spiro atoms. The first kappa shape index (κ1) is 18.7. The summed E-state index contributed by atoms with van der Waals surface area (Å²) in [5.41, 5.74) is 3.63. The van der Waals surface area contributed by atoms with Gasteiger partial charge in [-0.1, -0.05) is 13.8 Å². The molecule has 2 N–H and O–H groups in total. The van der Waals surface area contributed by atoms with E-state index in [4.69, 9.17) is 4.74 Å². The molecule has 7 heteroatoms. The van der Waals surface area contributed by atoms with Crippen LogP contribution in [0.4, 0.5) is 17.5 Å². The molecule has 0 aliphatic carbocycles. The number of benzene rings is 1. The predicted octanol–water partition coefficient (Wildman–Crippen LogP) is 4.10. The summed E-state index contributed by atoms with van der Waals surface area (Å²) in [6, 6.07) is 7.83. The molecule has 1 aromatic carbocycles. The van der Waals surface area contributed by atoms with Gasteiger partial charge < -0.3 is 19.9 Å². The van der Waals surface area contributed by atoms with Gasteiger partial charge >= 0.3 is 0 Å². The molecule has 0 saturated carbocycles. The van der Waals surface area contributed by atoms with Gasteiger partial charge in [0, 0.05) is 36.3 Å². The summed E-state index contributed by atoms with van der Waals surface area (Å²) >= 11 is 0. The molecule has 3 rings (SSSR count). The van der Waals surface area contributed by atoms with Crippen molar-refractivity contribution < 1.29 is 4.74 Å². The Labute approximate surface area is 159 Å². The maximum absolute atomic E-state index is 5.56. The van der Waals surface area contributed by atoms with Gasteiger partial charge in [0.15, 0.2) is 0 Å². The van der Waals surface area contributed by atoms with Crippen molar-refractivity contribution in [2.24, 2.45) is 5.92 Å². The van der Waals surface area contributed by atoms with Crippen LogP contribution in [0.15, 0.2) is 36.8 Å². The number of anilines is 3. The third kappa shape index (κ3) is 4.75. The van der Waals surface area contributed by atoms with Gasteiger partial charge in [-0.15, -0.1) is 0 Å². The van der Waals surface area contributed by atoms with Crippen LogP contribution >= 0.6 is 0 Å². The predicted molar refractivity (Wildman–Crippen MR) is 108 cm³/mol. The van der Waals surface area contributed by atoms with Crippen molar-refractivity contribution in [3.05, 3.63) is 48.2 Å². The summed E-state index contributed by atoms with van der Waals surface area (Å²) in [7, 11) is 1.66. The lowest BCUT2D eigenvalue weighted by atomic mass is 10.2. The molecule has 27 heavy (non-hydrogen) atoms. The Balaban J connectivity index is 1.83. The first-order valence-electron chi connectivity index (χ1n) is 9.00. The monoisotopic (exact) mass is 366 g/mol. The lowest BCUT2D eigenvalue weighted by Gasteiger charge is -2.13. The van der Waals surface area contributed by atoms with E-state index in [2.05, 4.69) is 39.4 Å². The Morgan fingerprint density at radius 2 is 1.93 bits per heavy atom. The SMILES string of the molecule is COc1cc(Nc2nc(C)cc(NCC(C)C)n2)ccc1-n1cnc(C)c1. The Morgan fingerprint density at radius 1 is 1.11 bits per heavy atom. The van der Waals surface area contributed by atoms with Crippen LogP contribution in [0.25, 0.3) is 5.69 Å². The van der Waals surface area contributed by atoms with Gasteiger partial charge in [0.2, 0.25) is 5.95 Å². The van der Waals surface area contributed by atoms with E-state index in [0.29, 0.717) is 11.9 Å². The summed E-state index contributed by atoms with van der Waals surface area (Å²) in [5, 5.41) is 6.60. The third-order valence-electron chi connectivity index (χ3n) is 3.97. The molecule has 142 valence electrons. The molecule has 0 radical (unpaired) electrons. The number of ether oxygens (including phenoxy) is 1. The van der Waals surface area contributed by atoms with Crippen LogP contribution in [0.2, 0.25) is 0 Å². The highest BCUT2D eigenvalue weighted by atomic mass is 16.5. The molecule has 0 fully saturated rings. The maximum atomic E-state index is 5.56. The quantitative estimate of drug-likeness (QED) is 0.656. The second-order valence-corrected chi connectivity index (χ2v) is 6.93. The number of nitrogens with zero attached hydrogens (tertiary/aromatic N) is 4.